The van der Waals surface area contributed by atoms with Crippen LogP contribution in [0.1, 0.15) is 22.3 Å². The summed E-state index contributed by atoms with van der Waals surface area (Å²) in [5.41, 5.74) is 4.78. The molecular formula is C15H17NOS. The molecule has 0 fully saturated rings. The summed E-state index contributed by atoms with van der Waals surface area (Å²) in [5.74, 6) is 0.925. The second-order valence-electron chi connectivity index (χ2n) is 4.45. The van der Waals surface area contributed by atoms with Gasteiger partial charge in [0.25, 0.3) is 0 Å². The van der Waals surface area contributed by atoms with E-state index >= 15 is 0 Å². The average molecular weight is 259 g/mol. The fourth-order valence-corrected chi connectivity index (χ4v) is 2.67. The lowest BCUT2D eigenvalue weighted by molar-refractivity contribution is 0.281. The molecule has 2 aromatic rings. The standard InChI is InChI=1S/C15H17NOS/c1-11-5-12(2)7-14(6-11)10-18-15-4-3-13(9-17)8-16-15/h3-8,17H,9-10H2,1-2H3. The number of hydrogen-bond acceptors (Lipinski definition) is 3. The molecule has 3 heteroatoms. The zero-order valence-corrected chi connectivity index (χ0v) is 11.5. The molecule has 0 aliphatic heterocycles. The number of benzene rings is 1. The minimum atomic E-state index is 0.0506. The van der Waals surface area contributed by atoms with Gasteiger partial charge in [0.05, 0.1) is 11.6 Å². The molecule has 2 rings (SSSR count). The topological polar surface area (TPSA) is 33.1 Å². The predicted octanol–water partition coefficient (Wildman–Crippen LogP) is 3.48. The molecule has 0 bridgehead atoms. The molecule has 18 heavy (non-hydrogen) atoms. The largest absolute Gasteiger partial charge is 0.392 e. The zero-order chi connectivity index (χ0) is 13.0. The van der Waals surface area contributed by atoms with E-state index in [0.29, 0.717) is 0 Å². The van der Waals surface area contributed by atoms with Gasteiger partial charge < -0.3 is 5.11 Å². The van der Waals surface area contributed by atoms with Gasteiger partial charge in [0.15, 0.2) is 0 Å². The van der Waals surface area contributed by atoms with Crippen LogP contribution in [-0.2, 0) is 12.4 Å². The Labute approximate surface area is 112 Å². The number of rotatable bonds is 4. The fraction of sp³-hybridized carbons (Fsp3) is 0.267. The SMILES string of the molecule is Cc1cc(C)cc(CSc2ccc(CO)cn2)c1. The summed E-state index contributed by atoms with van der Waals surface area (Å²) in [6, 6.07) is 10.5. The lowest BCUT2D eigenvalue weighted by Gasteiger charge is -2.05. The number of thioether (sulfide) groups is 1. The summed E-state index contributed by atoms with van der Waals surface area (Å²) in [4.78, 5) is 4.31. The Balaban J connectivity index is 2.01. The van der Waals surface area contributed by atoms with Gasteiger partial charge in [-0.05, 0) is 31.0 Å². The van der Waals surface area contributed by atoms with Crippen LogP contribution in [0.25, 0.3) is 0 Å². The summed E-state index contributed by atoms with van der Waals surface area (Å²) in [6.45, 7) is 4.29. The maximum absolute atomic E-state index is 8.95. The smallest absolute Gasteiger partial charge is 0.0963 e. The normalized spacial score (nSPS) is 10.6. The van der Waals surface area contributed by atoms with E-state index in [4.69, 9.17) is 5.11 Å². The van der Waals surface area contributed by atoms with E-state index in [2.05, 4.69) is 37.0 Å². The number of hydrogen-bond donors (Lipinski definition) is 1. The molecule has 0 saturated carbocycles. The van der Waals surface area contributed by atoms with Gasteiger partial charge in [-0.15, -0.1) is 11.8 Å². The highest BCUT2D eigenvalue weighted by atomic mass is 32.2. The molecule has 1 N–H and O–H groups in total. The molecule has 0 spiro atoms. The van der Waals surface area contributed by atoms with Gasteiger partial charge in [0.1, 0.15) is 0 Å². The first-order valence-corrected chi connectivity index (χ1v) is 6.91. The summed E-state index contributed by atoms with van der Waals surface area (Å²) in [5, 5.41) is 9.94. The van der Waals surface area contributed by atoms with Crippen LogP contribution in [0.2, 0.25) is 0 Å². The Kier molecular flexibility index (Phi) is 4.39. The number of nitrogens with zero attached hydrogens (tertiary/aromatic N) is 1. The Morgan fingerprint density at radius 1 is 1.06 bits per heavy atom. The number of pyridine rings is 1. The molecule has 1 aromatic carbocycles. The molecule has 94 valence electrons. The summed E-state index contributed by atoms with van der Waals surface area (Å²) in [7, 11) is 0. The Morgan fingerprint density at radius 2 is 1.78 bits per heavy atom. The van der Waals surface area contributed by atoms with E-state index in [9.17, 15) is 0 Å². The van der Waals surface area contributed by atoms with Crippen LogP contribution in [0, 0.1) is 13.8 Å². The van der Waals surface area contributed by atoms with E-state index in [1.165, 1.54) is 16.7 Å². The van der Waals surface area contributed by atoms with Gasteiger partial charge in [-0.2, -0.15) is 0 Å². The third-order valence-electron chi connectivity index (χ3n) is 2.65. The van der Waals surface area contributed by atoms with Gasteiger partial charge in [0.2, 0.25) is 0 Å². The van der Waals surface area contributed by atoms with E-state index in [0.717, 1.165) is 16.3 Å². The summed E-state index contributed by atoms with van der Waals surface area (Å²) in [6.07, 6.45) is 1.73. The molecule has 0 atom stereocenters. The molecule has 2 nitrogen and oxygen atoms in total. The van der Waals surface area contributed by atoms with Gasteiger partial charge in [-0.1, -0.05) is 35.4 Å². The number of aliphatic hydroxyl groups excluding tert-OH is 1. The van der Waals surface area contributed by atoms with Crippen LogP contribution in [0.4, 0.5) is 0 Å². The van der Waals surface area contributed by atoms with Crippen LogP contribution in [-0.4, -0.2) is 10.1 Å². The molecule has 1 heterocycles. The van der Waals surface area contributed by atoms with Crippen LogP contribution in [0.3, 0.4) is 0 Å². The quantitative estimate of drug-likeness (QED) is 0.853. The molecular weight excluding hydrogens is 242 g/mol. The van der Waals surface area contributed by atoms with E-state index in [1.807, 2.05) is 12.1 Å². The zero-order valence-electron chi connectivity index (χ0n) is 10.7. The molecule has 0 radical (unpaired) electrons. The van der Waals surface area contributed by atoms with Crippen molar-refractivity contribution < 1.29 is 5.11 Å². The van der Waals surface area contributed by atoms with Crippen molar-refractivity contribution in [2.24, 2.45) is 0 Å². The molecule has 0 saturated heterocycles. The number of aryl methyl sites for hydroxylation is 2. The van der Waals surface area contributed by atoms with Crippen LogP contribution < -0.4 is 0 Å². The monoisotopic (exact) mass is 259 g/mol. The van der Waals surface area contributed by atoms with Crippen molar-refractivity contribution in [3.63, 3.8) is 0 Å². The van der Waals surface area contributed by atoms with Gasteiger partial charge >= 0.3 is 0 Å². The van der Waals surface area contributed by atoms with Gasteiger partial charge in [-0.25, -0.2) is 4.98 Å². The highest BCUT2D eigenvalue weighted by Crippen LogP contribution is 2.22. The van der Waals surface area contributed by atoms with E-state index in [-0.39, 0.29) is 6.61 Å². The van der Waals surface area contributed by atoms with Crippen molar-refractivity contribution in [2.75, 3.05) is 0 Å². The minimum Gasteiger partial charge on any atom is -0.392 e. The molecule has 0 unspecified atom stereocenters. The van der Waals surface area contributed by atoms with Crippen molar-refractivity contribution >= 4 is 11.8 Å². The van der Waals surface area contributed by atoms with E-state index < -0.39 is 0 Å². The first-order chi connectivity index (χ1) is 8.67. The molecule has 1 aromatic heterocycles. The highest BCUT2D eigenvalue weighted by Gasteiger charge is 2.00. The predicted molar refractivity (Wildman–Crippen MR) is 75.6 cm³/mol. The van der Waals surface area contributed by atoms with Crippen LogP contribution in [0.5, 0.6) is 0 Å². The molecule has 0 aliphatic carbocycles. The van der Waals surface area contributed by atoms with Crippen molar-refractivity contribution in [1.29, 1.82) is 0 Å². The van der Waals surface area contributed by atoms with E-state index in [1.54, 1.807) is 18.0 Å². The van der Waals surface area contributed by atoms with Crippen molar-refractivity contribution in [1.82, 2.24) is 4.98 Å². The first-order valence-electron chi connectivity index (χ1n) is 5.93. The van der Waals surface area contributed by atoms with Gasteiger partial charge in [0, 0.05) is 11.9 Å². The van der Waals surface area contributed by atoms with Crippen molar-refractivity contribution in [3.05, 3.63) is 58.8 Å². The van der Waals surface area contributed by atoms with Crippen molar-refractivity contribution in [3.8, 4) is 0 Å². The Morgan fingerprint density at radius 3 is 2.33 bits per heavy atom. The molecule has 0 aliphatic rings. The Hall–Kier alpha value is -1.32. The Bertz CT molecular complexity index is 502. The maximum Gasteiger partial charge on any atom is 0.0963 e. The highest BCUT2D eigenvalue weighted by molar-refractivity contribution is 7.98. The van der Waals surface area contributed by atoms with Crippen LogP contribution >= 0.6 is 11.8 Å². The number of aliphatic hydroxyl groups is 1. The lowest BCUT2D eigenvalue weighted by atomic mass is 10.1. The summed E-state index contributed by atoms with van der Waals surface area (Å²) < 4.78 is 0. The van der Waals surface area contributed by atoms with Crippen molar-refractivity contribution in [2.45, 2.75) is 31.2 Å². The first kappa shape index (κ1) is 13.1. The van der Waals surface area contributed by atoms with Gasteiger partial charge in [-0.3, -0.25) is 0 Å². The molecule has 0 amide bonds. The average Bonchev–Trinajstić information content (AvgIpc) is 2.36. The number of aromatic nitrogens is 1. The lowest BCUT2D eigenvalue weighted by Crippen LogP contribution is -1.88. The second-order valence-corrected chi connectivity index (χ2v) is 5.44. The van der Waals surface area contributed by atoms with Crippen LogP contribution in [0.15, 0.2) is 41.6 Å². The third-order valence-corrected chi connectivity index (χ3v) is 3.66. The summed E-state index contributed by atoms with van der Waals surface area (Å²) >= 11 is 1.72. The maximum atomic E-state index is 8.95. The minimum absolute atomic E-state index is 0.0506. The second kappa shape index (κ2) is 6.03. The third kappa shape index (κ3) is 3.59. The fourth-order valence-electron chi connectivity index (χ4n) is 1.90.